The number of amides is 2. The molecule has 0 radical (unpaired) electrons. The molecular formula is C33H43N3O4. The molecule has 6 rings (SSSR count). The number of rotatable bonds is 3. The van der Waals surface area contributed by atoms with Gasteiger partial charge in [0.15, 0.2) is 5.60 Å². The van der Waals surface area contributed by atoms with Crippen molar-refractivity contribution in [2.45, 2.75) is 75.9 Å². The normalized spacial score (nSPS) is 24.4. The van der Waals surface area contributed by atoms with Crippen LogP contribution in [-0.2, 0) is 16.0 Å². The summed E-state index contributed by atoms with van der Waals surface area (Å²) in [6, 6.07) is 17.3. The van der Waals surface area contributed by atoms with Crippen molar-refractivity contribution in [1.82, 2.24) is 9.80 Å². The van der Waals surface area contributed by atoms with Gasteiger partial charge in [-0.1, -0.05) is 75.3 Å². The van der Waals surface area contributed by atoms with Gasteiger partial charge in [-0.3, -0.25) is 9.59 Å². The number of nitrogens with one attached hydrogen (secondary N) is 1. The molecule has 7 heteroatoms. The molecule has 1 atom stereocenters. The Hall–Kier alpha value is -2.90. The third-order valence-corrected chi connectivity index (χ3v) is 9.75. The van der Waals surface area contributed by atoms with Crippen LogP contribution < -0.4 is 5.32 Å². The van der Waals surface area contributed by atoms with Crippen LogP contribution in [0.2, 0.25) is 0 Å². The van der Waals surface area contributed by atoms with E-state index in [1.165, 1.54) is 74.6 Å². The van der Waals surface area contributed by atoms with Crippen molar-refractivity contribution in [1.29, 1.82) is 0 Å². The van der Waals surface area contributed by atoms with E-state index >= 15 is 0 Å². The zero-order valence-corrected chi connectivity index (χ0v) is 23.6. The van der Waals surface area contributed by atoms with E-state index in [0.717, 1.165) is 6.42 Å². The van der Waals surface area contributed by atoms with Gasteiger partial charge >= 0.3 is 0 Å². The van der Waals surface area contributed by atoms with Crippen molar-refractivity contribution >= 4 is 17.5 Å². The Balaban J connectivity index is 1.17. The second-order valence-electron chi connectivity index (χ2n) is 12.5. The Morgan fingerprint density at radius 1 is 0.800 bits per heavy atom. The Labute approximate surface area is 237 Å². The molecule has 1 spiro atoms. The van der Waals surface area contributed by atoms with Gasteiger partial charge in [0.1, 0.15) is 0 Å². The minimum atomic E-state index is -1.39. The number of piperazine rings is 1. The number of anilines is 1. The number of aliphatic hydroxyl groups is 1. The zero-order chi connectivity index (χ0) is 27.6. The van der Waals surface area contributed by atoms with Crippen LogP contribution in [0, 0.1) is 5.41 Å². The summed E-state index contributed by atoms with van der Waals surface area (Å²) in [5.74, 6) is -0.286. The average molecular weight is 546 g/mol. The summed E-state index contributed by atoms with van der Waals surface area (Å²) < 4.78 is 5.03. The fourth-order valence-electron chi connectivity index (χ4n) is 7.30. The largest absolute Gasteiger partial charge is 0.377 e. The van der Waals surface area contributed by atoms with Gasteiger partial charge < -0.3 is 25.0 Å². The highest BCUT2D eigenvalue weighted by molar-refractivity contribution is 5.94. The molecule has 2 amide bonds. The SMILES string of the molecule is O=C(c1ccc(C2Nc3ccccc3CC23CCCCCCCCC3)cc1)N1CCN(C(=O)C2(O)COC2)CC1. The zero-order valence-electron chi connectivity index (χ0n) is 23.6. The molecule has 2 saturated heterocycles. The fourth-order valence-corrected chi connectivity index (χ4v) is 7.30. The molecule has 2 aromatic rings. The first-order chi connectivity index (χ1) is 19.5. The van der Waals surface area contributed by atoms with Crippen molar-refractivity contribution in [3.8, 4) is 0 Å². The van der Waals surface area contributed by atoms with Crippen molar-refractivity contribution < 1.29 is 19.4 Å². The fraction of sp³-hybridized carbons (Fsp3) is 0.576. The molecule has 3 fully saturated rings. The molecule has 4 aliphatic rings. The minimum absolute atomic E-state index is 0.000285. The lowest BCUT2D eigenvalue weighted by Crippen LogP contribution is -2.64. The van der Waals surface area contributed by atoms with Gasteiger partial charge in [0.2, 0.25) is 0 Å². The summed E-state index contributed by atoms with van der Waals surface area (Å²) in [7, 11) is 0. The number of nitrogens with zero attached hydrogens (tertiary/aromatic N) is 2. The van der Waals surface area contributed by atoms with Crippen LogP contribution in [0.1, 0.15) is 85.3 Å². The van der Waals surface area contributed by atoms with Crippen LogP contribution in [0.5, 0.6) is 0 Å². The second-order valence-corrected chi connectivity index (χ2v) is 12.5. The van der Waals surface area contributed by atoms with E-state index in [-0.39, 0.29) is 36.5 Å². The summed E-state index contributed by atoms with van der Waals surface area (Å²) in [6.07, 6.45) is 12.8. The molecule has 1 saturated carbocycles. The van der Waals surface area contributed by atoms with Crippen LogP contribution in [-0.4, -0.2) is 71.7 Å². The van der Waals surface area contributed by atoms with Gasteiger partial charge in [-0.05, 0) is 54.0 Å². The number of ether oxygens (including phenoxy) is 1. The first-order valence-electron chi connectivity index (χ1n) is 15.3. The first kappa shape index (κ1) is 27.3. The molecule has 7 nitrogen and oxygen atoms in total. The van der Waals surface area contributed by atoms with E-state index in [9.17, 15) is 14.7 Å². The summed E-state index contributed by atoms with van der Waals surface area (Å²) in [5, 5.41) is 14.3. The molecule has 1 aliphatic carbocycles. The number of para-hydroxylation sites is 1. The van der Waals surface area contributed by atoms with Gasteiger partial charge in [-0.2, -0.15) is 0 Å². The van der Waals surface area contributed by atoms with E-state index in [0.29, 0.717) is 31.7 Å². The smallest absolute Gasteiger partial charge is 0.259 e. The number of carbonyl (C=O) groups is 2. The molecule has 0 aromatic heterocycles. The van der Waals surface area contributed by atoms with Gasteiger partial charge in [-0.15, -0.1) is 0 Å². The predicted octanol–water partition coefficient (Wildman–Crippen LogP) is 4.95. The van der Waals surface area contributed by atoms with Crippen molar-refractivity contribution in [3.63, 3.8) is 0 Å². The predicted molar refractivity (Wildman–Crippen MR) is 155 cm³/mol. The van der Waals surface area contributed by atoms with Gasteiger partial charge in [-0.25, -0.2) is 0 Å². The lowest BCUT2D eigenvalue weighted by atomic mass is 9.64. The van der Waals surface area contributed by atoms with E-state index in [1.54, 1.807) is 4.90 Å². The second kappa shape index (κ2) is 11.5. The average Bonchev–Trinajstić information content (AvgIpc) is 2.98. The van der Waals surface area contributed by atoms with Crippen LogP contribution in [0.4, 0.5) is 5.69 Å². The van der Waals surface area contributed by atoms with Crippen LogP contribution >= 0.6 is 0 Å². The molecule has 214 valence electrons. The third kappa shape index (κ3) is 5.38. The lowest BCUT2D eigenvalue weighted by Gasteiger charge is -2.47. The molecule has 40 heavy (non-hydrogen) atoms. The monoisotopic (exact) mass is 545 g/mol. The maximum atomic E-state index is 13.4. The molecule has 3 heterocycles. The van der Waals surface area contributed by atoms with Crippen molar-refractivity contribution in [2.24, 2.45) is 5.41 Å². The third-order valence-electron chi connectivity index (χ3n) is 9.75. The number of benzene rings is 2. The van der Waals surface area contributed by atoms with Gasteiger partial charge in [0.25, 0.3) is 11.8 Å². The quantitative estimate of drug-likeness (QED) is 0.570. The summed E-state index contributed by atoms with van der Waals surface area (Å²) >= 11 is 0. The molecule has 1 unspecified atom stereocenters. The molecule has 3 aliphatic heterocycles. The first-order valence-corrected chi connectivity index (χ1v) is 15.3. The Morgan fingerprint density at radius 3 is 2.02 bits per heavy atom. The maximum Gasteiger partial charge on any atom is 0.259 e. The Morgan fingerprint density at radius 2 is 1.40 bits per heavy atom. The molecule has 2 N–H and O–H groups in total. The number of fused-ring (bicyclic) bond motifs is 1. The highest BCUT2D eigenvalue weighted by Gasteiger charge is 2.47. The summed E-state index contributed by atoms with van der Waals surface area (Å²) in [6.45, 7) is 1.90. The lowest BCUT2D eigenvalue weighted by molar-refractivity contribution is -0.201. The number of hydrogen-bond donors (Lipinski definition) is 2. The minimum Gasteiger partial charge on any atom is -0.377 e. The van der Waals surface area contributed by atoms with E-state index in [2.05, 4.69) is 41.7 Å². The maximum absolute atomic E-state index is 13.4. The summed E-state index contributed by atoms with van der Waals surface area (Å²) in [4.78, 5) is 29.5. The van der Waals surface area contributed by atoms with Crippen LogP contribution in [0.15, 0.2) is 48.5 Å². The standard InChI is InChI=1S/C33H43N3O4/c37-30(35-18-20-36(21-19-35)31(38)33(39)23-40-24-33)26-14-12-25(13-15-26)29-32(16-8-4-2-1-3-5-9-17-32)22-27-10-6-7-11-28(27)34-29/h6-7,10-15,29,34,39H,1-5,8-9,16-24H2. The van der Waals surface area contributed by atoms with Crippen molar-refractivity contribution in [3.05, 3.63) is 65.2 Å². The van der Waals surface area contributed by atoms with E-state index < -0.39 is 5.60 Å². The molecule has 0 bridgehead atoms. The highest BCUT2D eigenvalue weighted by Crippen LogP contribution is 2.51. The van der Waals surface area contributed by atoms with Gasteiger partial charge in [0.05, 0.1) is 19.3 Å². The molecule has 2 aromatic carbocycles. The highest BCUT2D eigenvalue weighted by atomic mass is 16.5. The van der Waals surface area contributed by atoms with Crippen molar-refractivity contribution in [2.75, 3.05) is 44.7 Å². The van der Waals surface area contributed by atoms with Crippen LogP contribution in [0.3, 0.4) is 0 Å². The summed E-state index contributed by atoms with van der Waals surface area (Å²) in [5.41, 5.74) is 3.40. The topological polar surface area (TPSA) is 82.1 Å². The Kier molecular flexibility index (Phi) is 7.87. The van der Waals surface area contributed by atoms with E-state index in [1.807, 2.05) is 17.0 Å². The van der Waals surface area contributed by atoms with Gasteiger partial charge in [0, 0.05) is 37.4 Å². The number of carbonyl (C=O) groups excluding carboxylic acids is 2. The molecular weight excluding hydrogens is 502 g/mol. The Bertz CT molecular complexity index is 1190. The number of hydrogen-bond acceptors (Lipinski definition) is 5. The van der Waals surface area contributed by atoms with Crippen LogP contribution in [0.25, 0.3) is 0 Å². The van der Waals surface area contributed by atoms with E-state index in [4.69, 9.17) is 4.74 Å².